The van der Waals surface area contributed by atoms with Crippen LogP contribution >= 0.6 is 0 Å². The number of hydrogen-bond acceptors (Lipinski definition) is 3. The van der Waals surface area contributed by atoms with E-state index in [2.05, 4.69) is 0 Å². The van der Waals surface area contributed by atoms with Gasteiger partial charge in [0.05, 0.1) is 5.09 Å². The third-order valence-electron chi connectivity index (χ3n) is 0. The van der Waals surface area contributed by atoms with Crippen molar-refractivity contribution in [3.05, 3.63) is 15.3 Å². The SMILES string of the molecule is O.O.O=[N+]([O-])[O-].[Rh+2]. The van der Waals surface area contributed by atoms with Crippen molar-refractivity contribution < 1.29 is 35.5 Å². The van der Waals surface area contributed by atoms with Crippen LogP contribution in [0.5, 0.6) is 0 Å². The van der Waals surface area contributed by atoms with Crippen LogP contribution in [0.15, 0.2) is 0 Å². The van der Waals surface area contributed by atoms with Crippen LogP contribution in [0.25, 0.3) is 0 Å². The second-order valence-corrected chi connectivity index (χ2v) is 0.224. The van der Waals surface area contributed by atoms with Crippen molar-refractivity contribution in [1.29, 1.82) is 0 Å². The van der Waals surface area contributed by atoms with E-state index in [0.717, 1.165) is 0 Å². The molecular formula is H4NO5Rh+. The molecule has 7 heavy (non-hydrogen) atoms. The molecule has 0 spiro atoms. The molecule has 0 aromatic heterocycles. The van der Waals surface area contributed by atoms with Gasteiger partial charge in [-0.1, -0.05) is 0 Å². The van der Waals surface area contributed by atoms with E-state index in [1.807, 2.05) is 0 Å². The summed E-state index contributed by atoms with van der Waals surface area (Å²) >= 11 is 0. The van der Waals surface area contributed by atoms with Gasteiger partial charge in [-0.2, -0.15) is 0 Å². The molecule has 6 nitrogen and oxygen atoms in total. The molecule has 0 fully saturated rings. The summed E-state index contributed by atoms with van der Waals surface area (Å²) in [6, 6.07) is 0. The first-order chi connectivity index (χ1) is 1.73. The van der Waals surface area contributed by atoms with Gasteiger partial charge in [-0.05, 0) is 0 Å². The number of rotatable bonds is 0. The van der Waals surface area contributed by atoms with Gasteiger partial charge in [0.2, 0.25) is 0 Å². The molecule has 0 heterocycles. The second kappa shape index (κ2) is 17.2. The molecule has 0 bridgehead atoms. The van der Waals surface area contributed by atoms with E-state index in [1.54, 1.807) is 0 Å². The maximum absolute atomic E-state index is 8.25. The summed E-state index contributed by atoms with van der Waals surface area (Å²) < 4.78 is 0. The molecule has 0 atom stereocenters. The Bertz CT molecular complexity index is 31.1. The molecule has 7 heteroatoms. The molecule has 0 aromatic rings. The average molecular weight is 201 g/mol. The van der Waals surface area contributed by atoms with E-state index < -0.39 is 5.09 Å². The van der Waals surface area contributed by atoms with E-state index in [9.17, 15) is 0 Å². The summed E-state index contributed by atoms with van der Waals surface area (Å²) in [6.07, 6.45) is 0. The smallest absolute Gasteiger partial charge is 0.412 e. The normalized spacial score (nSPS) is 3.43. The maximum atomic E-state index is 8.25. The van der Waals surface area contributed by atoms with Crippen molar-refractivity contribution in [2.24, 2.45) is 0 Å². The second-order valence-electron chi connectivity index (χ2n) is 0.224. The minimum Gasteiger partial charge on any atom is -0.412 e. The minimum absolute atomic E-state index is 0. The van der Waals surface area contributed by atoms with E-state index >= 15 is 0 Å². The first-order valence-corrected chi connectivity index (χ1v) is 0.548. The van der Waals surface area contributed by atoms with Crippen LogP contribution in [0.1, 0.15) is 0 Å². The zero-order valence-corrected chi connectivity index (χ0v) is 4.64. The van der Waals surface area contributed by atoms with Crippen LogP contribution in [0, 0.1) is 15.3 Å². The average Bonchev–Trinajstić information content (AvgIpc) is 0.811. The van der Waals surface area contributed by atoms with Crippen LogP contribution in [0.4, 0.5) is 0 Å². The summed E-state index contributed by atoms with van der Waals surface area (Å²) in [4.78, 5) is 8.25. The van der Waals surface area contributed by atoms with Crippen molar-refractivity contribution >= 4 is 0 Å². The summed E-state index contributed by atoms with van der Waals surface area (Å²) in [6.45, 7) is 0. The van der Waals surface area contributed by atoms with Gasteiger partial charge in [-0.25, -0.2) is 0 Å². The van der Waals surface area contributed by atoms with E-state index in [-0.39, 0.29) is 30.4 Å². The number of nitrogens with zero attached hydrogens (tertiary/aromatic N) is 1. The molecule has 0 rings (SSSR count). The van der Waals surface area contributed by atoms with Gasteiger partial charge in [-0.3, -0.25) is 0 Å². The Morgan fingerprint density at radius 1 is 1.14 bits per heavy atom. The Hall–Kier alpha value is -0.257. The fourth-order valence-corrected chi connectivity index (χ4v) is 0. The van der Waals surface area contributed by atoms with Gasteiger partial charge in [0.15, 0.2) is 0 Å². The summed E-state index contributed by atoms with van der Waals surface area (Å²) in [5, 5.41) is 14.8. The Morgan fingerprint density at radius 3 is 1.14 bits per heavy atom. The third kappa shape index (κ3) is 1220. The first-order valence-electron chi connectivity index (χ1n) is 0.548. The van der Waals surface area contributed by atoms with Crippen LogP contribution in [-0.4, -0.2) is 16.0 Å². The first kappa shape index (κ1) is 29.6. The van der Waals surface area contributed by atoms with E-state index in [4.69, 9.17) is 15.3 Å². The molecule has 0 aliphatic carbocycles. The molecule has 0 saturated carbocycles. The van der Waals surface area contributed by atoms with E-state index in [1.165, 1.54) is 0 Å². The predicted molar refractivity (Wildman–Crippen MR) is 17.6 cm³/mol. The largest absolute Gasteiger partial charge is 2.00 e. The van der Waals surface area contributed by atoms with Gasteiger partial charge in [-0.15, -0.1) is 0 Å². The molecular weight excluding hydrogens is 197 g/mol. The van der Waals surface area contributed by atoms with Crippen LogP contribution in [0.3, 0.4) is 0 Å². The molecule has 1 radical (unpaired) electrons. The summed E-state index contributed by atoms with van der Waals surface area (Å²) in [5.41, 5.74) is 0. The fourth-order valence-electron chi connectivity index (χ4n) is 0. The van der Waals surface area contributed by atoms with Crippen molar-refractivity contribution in [3.63, 3.8) is 0 Å². The zero-order chi connectivity index (χ0) is 3.58. The van der Waals surface area contributed by atoms with Gasteiger partial charge in [0, 0.05) is 0 Å². The minimum atomic E-state index is -1.75. The molecule has 0 unspecified atom stereocenters. The summed E-state index contributed by atoms with van der Waals surface area (Å²) in [5.74, 6) is 0. The Morgan fingerprint density at radius 2 is 1.14 bits per heavy atom. The van der Waals surface area contributed by atoms with Crippen molar-refractivity contribution in [3.8, 4) is 0 Å². The van der Waals surface area contributed by atoms with Crippen molar-refractivity contribution in [2.45, 2.75) is 0 Å². The number of hydrogen-bond donors (Lipinski definition) is 0. The van der Waals surface area contributed by atoms with Gasteiger partial charge in [0.1, 0.15) is 0 Å². The molecule has 0 saturated heterocycles. The molecule has 0 amide bonds. The predicted octanol–water partition coefficient (Wildman–Crippen LogP) is -1.89. The Labute approximate surface area is 51.6 Å². The molecule has 0 aliphatic rings. The monoisotopic (exact) mass is 201 g/mol. The quantitative estimate of drug-likeness (QED) is 0.258. The Balaban J connectivity index is -0.0000000150. The molecule has 0 aromatic carbocycles. The fraction of sp³-hybridized carbons (Fsp3) is 0. The van der Waals surface area contributed by atoms with Gasteiger partial charge < -0.3 is 26.3 Å². The Kier molecular flexibility index (Phi) is 72.5. The van der Waals surface area contributed by atoms with Crippen LogP contribution in [0.2, 0.25) is 0 Å². The molecule has 4 N–H and O–H groups in total. The molecule has 0 aliphatic heterocycles. The van der Waals surface area contributed by atoms with Gasteiger partial charge >= 0.3 is 19.5 Å². The zero-order valence-electron chi connectivity index (χ0n) is 3.01. The maximum Gasteiger partial charge on any atom is 2.00 e. The topological polar surface area (TPSA) is 129 Å². The standard InChI is InChI=1S/NO3.2H2O.Rh/c2-1(3)4;;;/h;2*1H2;/q-1;;;+2. The summed E-state index contributed by atoms with van der Waals surface area (Å²) in [7, 11) is 0. The molecule has 47 valence electrons. The van der Waals surface area contributed by atoms with Crippen LogP contribution < -0.4 is 0 Å². The third-order valence-corrected chi connectivity index (χ3v) is 0. The van der Waals surface area contributed by atoms with Crippen molar-refractivity contribution in [2.75, 3.05) is 0 Å². The van der Waals surface area contributed by atoms with Crippen LogP contribution in [-0.2, 0) is 19.5 Å². The van der Waals surface area contributed by atoms with Crippen molar-refractivity contribution in [1.82, 2.24) is 0 Å². The van der Waals surface area contributed by atoms with E-state index in [0.29, 0.717) is 0 Å². The van der Waals surface area contributed by atoms with Gasteiger partial charge in [0.25, 0.3) is 0 Å².